The van der Waals surface area contributed by atoms with E-state index in [2.05, 4.69) is 5.32 Å². The summed E-state index contributed by atoms with van der Waals surface area (Å²) in [6.45, 7) is 5.97. The minimum Gasteiger partial charge on any atom is -0.467 e. The minimum absolute atomic E-state index is 0.0699. The van der Waals surface area contributed by atoms with Crippen LogP contribution in [-0.4, -0.2) is 50.3 Å². The molecule has 1 N–H and O–H groups in total. The lowest BCUT2D eigenvalue weighted by Gasteiger charge is -2.27. The molecule has 27 heavy (non-hydrogen) atoms. The highest BCUT2D eigenvalue weighted by atomic mass is 32.2. The third-order valence-electron chi connectivity index (χ3n) is 5.18. The quantitative estimate of drug-likeness (QED) is 0.714. The molecule has 1 aliphatic rings. The number of sulfonamides is 1. The van der Waals surface area contributed by atoms with Gasteiger partial charge in [0, 0.05) is 18.7 Å². The number of esters is 1. The molecule has 1 saturated carbocycles. The highest BCUT2D eigenvalue weighted by molar-refractivity contribution is 7.89. The molecule has 2 rings (SSSR count). The van der Waals surface area contributed by atoms with Gasteiger partial charge in [0.2, 0.25) is 10.0 Å². The number of carbonyl (C=O) groups excluding carboxylic acids is 2. The fourth-order valence-corrected chi connectivity index (χ4v) is 5.04. The number of methoxy groups -OCH3 is 1. The van der Waals surface area contributed by atoms with Crippen LogP contribution in [0.25, 0.3) is 0 Å². The van der Waals surface area contributed by atoms with E-state index in [4.69, 9.17) is 4.74 Å². The molecule has 7 nitrogen and oxygen atoms in total. The SMILES string of the molecule is CCN(CC)S(=O)(=O)c1ccc(C)c(C(=O)NC2(C(=O)OC)CCCC2)c1. The van der Waals surface area contributed by atoms with Crippen LogP contribution in [0.5, 0.6) is 0 Å². The van der Waals surface area contributed by atoms with Crippen molar-refractivity contribution in [3.05, 3.63) is 29.3 Å². The largest absolute Gasteiger partial charge is 0.467 e. The second kappa shape index (κ2) is 8.39. The van der Waals surface area contributed by atoms with Gasteiger partial charge < -0.3 is 10.1 Å². The molecular weight excluding hydrogens is 368 g/mol. The maximum absolute atomic E-state index is 12.9. The van der Waals surface area contributed by atoms with E-state index >= 15 is 0 Å². The van der Waals surface area contributed by atoms with Crippen molar-refractivity contribution in [3.8, 4) is 0 Å². The summed E-state index contributed by atoms with van der Waals surface area (Å²) in [5, 5.41) is 2.81. The highest BCUT2D eigenvalue weighted by Gasteiger charge is 2.44. The molecule has 1 aromatic carbocycles. The van der Waals surface area contributed by atoms with Gasteiger partial charge in [-0.25, -0.2) is 13.2 Å². The number of nitrogens with one attached hydrogen (secondary N) is 1. The molecule has 0 aromatic heterocycles. The zero-order valence-electron chi connectivity index (χ0n) is 16.4. The van der Waals surface area contributed by atoms with E-state index in [1.54, 1.807) is 26.8 Å². The number of benzene rings is 1. The second-order valence-corrected chi connectivity index (χ2v) is 8.74. The number of hydrogen-bond donors (Lipinski definition) is 1. The number of nitrogens with zero attached hydrogens (tertiary/aromatic N) is 1. The fraction of sp³-hybridized carbons (Fsp3) is 0.579. The summed E-state index contributed by atoms with van der Waals surface area (Å²) in [5.74, 6) is -0.922. The number of amides is 1. The lowest BCUT2D eigenvalue weighted by Crippen LogP contribution is -2.53. The third-order valence-corrected chi connectivity index (χ3v) is 7.23. The summed E-state index contributed by atoms with van der Waals surface area (Å²) in [5.41, 5.74) is -0.145. The van der Waals surface area contributed by atoms with Crippen LogP contribution in [0.4, 0.5) is 0 Å². The third kappa shape index (κ3) is 4.16. The molecule has 0 saturated heterocycles. The van der Waals surface area contributed by atoms with Crippen molar-refractivity contribution < 1.29 is 22.7 Å². The highest BCUT2D eigenvalue weighted by Crippen LogP contribution is 2.31. The molecule has 0 bridgehead atoms. The lowest BCUT2D eigenvalue weighted by molar-refractivity contribution is -0.148. The smallest absolute Gasteiger partial charge is 0.331 e. The van der Waals surface area contributed by atoms with E-state index in [0.717, 1.165) is 12.8 Å². The summed E-state index contributed by atoms with van der Waals surface area (Å²) in [6.07, 6.45) is 2.68. The van der Waals surface area contributed by atoms with Gasteiger partial charge in [0.1, 0.15) is 5.54 Å². The maximum Gasteiger partial charge on any atom is 0.331 e. The van der Waals surface area contributed by atoms with Crippen LogP contribution in [0.15, 0.2) is 23.1 Å². The van der Waals surface area contributed by atoms with Gasteiger partial charge in [0.25, 0.3) is 5.91 Å². The Labute approximate surface area is 161 Å². The summed E-state index contributed by atoms with van der Waals surface area (Å²) < 4.78 is 31.8. The lowest BCUT2D eigenvalue weighted by atomic mass is 9.96. The summed E-state index contributed by atoms with van der Waals surface area (Å²) in [4.78, 5) is 25.2. The molecule has 0 heterocycles. The first-order valence-electron chi connectivity index (χ1n) is 9.23. The van der Waals surface area contributed by atoms with Gasteiger partial charge in [-0.1, -0.05) is 32.8 Å². The molecule has 8 heteroatoms. The van der Waals surface area contributed by atoms with E-state index in [9.17, 15) is 18.0 Å². The molecular formula is C19H28N2O5S. The number of carbonyl (C=O) groups is 2. The number of ether oxygens (including phenoxy) is 1. The molecule has 0 radical (unpaired) electrons. The van der Waals surface area contributed by atoms with Crippen molar-refractivity contribution in [2.24, 2.45) is 0 Å². The zero-order valence-corrected chi connectivity index (χ0v) is 17.2. The Balaban J connectivity index is 2.38. The predicted molar refractivity (Wildman–Crippen MR) is 102 cm³/mol. The molecule has 0 spiro atoms. The Morgan fingerprint density at radius 1 is 1.19 bits per heavy atom. The molecule has 0 unspecified atom stereocenters. The van der Waals surface area contributed by atoms with Crippen LogP contribution >= 0.6 is 0 Å². The number of aryl methyl sites for hydroxylation is 1. The van der Waals surface area contributed by atoms with Crippen LogP contribution in [0, 0.1) is 6.92 Å². The Hall–Kier alpha value is -1.93. The van der Waals surface area contributed by atoms with Crippen LogP contribution in [0.3, 0.4) is 0 Å². The van der Waals surface area contributed by atoms with Gasteiger partial charge in [-0.15, -0.1) is 0 Å². The summed E-state index contributed by atoms with van der Waals surface area (Å²) >= 11 is 0. The maximum atomic E-state index is 12.9. The van der Waals surface area contributed by atoms with Crippen molar-refractivity contribution in [1.82, 2.24) is 9.62 Å². The van der Waals surface area contributed by atoms with Gasteiger partial charge in [-0.3, -0.25) is 4.79 Å². The molecule has 1 amide bonds. The van der Waals surface area contributed by atoms with Crippen LogP contribution < -0.4 is 5.32 Å². The normalized spacial score (nSPS) is 16.3. The van der Waals surface area contributed by atoms with Crippen molar-refractivity contribution in [2.45, 2.75) is 56.9 Å². The van der Waals surface area contributed by atoms with Crippen molar-refractivity contribution in [3.63, 3.8) is 0 Å². The van der Waals surface area contributed by atoms with Crippen molar-refractivity contribution in [1.29, 1.82) is 0 Å². The van der Waals surface area contributed by atoms with E-state index in [-0.39, 0.29) is 10.5 Å². The van der Waals surface area contributed by atoms with Gasteiger partial charge in [0.15, 0.2) is 0 Å². The first-order valence-corrected chi connectivity index (χ1v) is 10.7. The average Bonchev–Trinajstić information content (AvgIpc) is 3.11. The molecule has 1 aromatic rings. The molecule has 0 atom stereocenters. The van der Waals surface area contributed by atoms with Crippen LogP contribution in [-0.2, 0) is 19.6 Å². The first-order chi connectivity index (χ1) is 12.7. The summed E-state index contributed by atoms with van der Waals surface area (Å²) in [7, 11) is -2.37. The van der Waals surface area contributed by atoms with E-state index in [1.165, 1.54) is 23.5 Å². The number of hydrogen-bond acceptors (Lipinski definition) is 5. The first kappa shape index (κ1) is 21.4. The minimum atomic E-state index is -3.68. The van der Waals surface area contributed by atoms with Gasteiger partial charge in [-0.2, -0.15) is 4.31 Å². The standard InChI is InChI=1S/C19H28N2O5S/c1-5-21(6-2)27(24,25)15-10-9-14(3)16(13-15)17(22)20-19(18(23)26-4)11-7-8-12-19/h9-10,13H,5-8,11-12H2,1-4H3,(H,20,22). The van der Waals surface area contributed by atoms with Crippen molar-refractivity contribution >= 4 is 21.9 Å². The van der Waals surface area contributed by atoms with Crippen LogP contribution in [0.2, 0.25) is 0 Å². The van der Waals surface area contributed by atoms with Crippen LogP contribution in [0.1, 0.15) is 55.5 Å². The van der Waals surface area contributed by atoms with E-state index in [1.807, 2.05) is 0 Å². The average molecular weight is 397 g/mol. The Morgan fingerprint density at radius 3 is 2.30 bits per heavy atom. The topological polar surface area (TPSA) is 92.8 Å². The summed E-state index contributed by atoms with van der Waals surface area (Å²) in [6, 6.07) is 4.51. The zero-order chi connectivity index (χ0) is 20.2. The Kier molecular flexibility index (Phi) is 6.64. The monoisotopic (exact) mass is 396 g/mol. The molecule has 1 fully saturated rings. The van der Waals surface area contributed by atoms with E-state index < -0.39 is 27.4 Å². The second-order valence-electron chi connectivity index (χ2n) is 6.80. The van der Waals surface area contributed by atoms with Crippen molar-refractivity contribution in [2.75, 3.05) is 20.2 Å². The Bertz CT molecular complexity index is 809. The van der Waals surface area contributed by atoms with E-state index in [0.29, 0.717) is 31.5 Å². The van der Waals surface area contributed by atoms with Gasteiger partial charge in [0.05, 0.1) is 12.0 Å². The van der Waals surface area contributed by atoms with Gasteiger partial charge in [-0.05, 0) is 37.5 Å². The van der Waals surface area contributed by atoms with Gasteiger partial charge >= 0.3 is 5.97 Å². The predicted octanol–water partition coefficient (Wildman–Crippen LogP) is 2.24. The Morgan fingerprint density at radius 2 is 1.78 bits per heavy atom. The molecule has 150 valence electrons. The fourth-order valence-electron chi connectivity index (χ4n) is 3.56. The molecule has 0 aliphatic heterocycles. The molecule has 1 aliphatic carbocycles. The number of rotatable bonds is 7.